The van der Waals surface area contributed by atoms with E-state index in [4.69, 9.17) is 16.0 Å². The Balaban J connectivity index is 1.89. The molecule has 0 aliphatic rings. The van der Waals surface area contributed by atoms with E-state index in [1.165, 1.54) is 11.1 Å². The minimum Gasteiger partial charge on any atom is -0.439 e. The molecule has 20 heavy (non-hydrogen) atoms. The highest BCUT2D eigenvalue weighted by Crippen LogP contribution is 2.27. The first kappa shape index (κ1) is 12.9. The van der Waals surface area contributed by atoms with Crippen LogP contribution in [0.4, 0.5) is 0 Å². The predicted octanol–water partition coefficient (Wildman–Crippen LogP) is 5.31. The van der Waals surface area contributed by atoms with Gasteiger partial charge in [0, 0.05) is 5.56 Å². The molecule has 0 fully saturated rings. The third-order valence-corrected chi connectivity index (χ3v) is 3.33. The van der Waals surface area contributed by atoms with Gasteiger partial charge in [0.15, 0.2) is 5.76 Å². The van der Waals surface area contributed by atoms with E-state index < -0.39 is 0 Å². The van der Waals surface area contributed by atoms with Gasteiger partial charge in [-0.3, -0.25) is 0 Å². The first-order valence-electron chi connectivity index (χ1n) is 6.50. The van der Waals surface area contributed by atoms with Crippen molar-refractivity contribution in [2.45, 2.75) is 12.3 Å². The summed E-state index contributed by atoms with van der Waals surface area (Å²) in [6.07, 6.45) is 1.71. The molecule has 1 unspecified atom stereocenters. The van der Waals surface area contributed by atoms with Gasteiger partial charge in [-0.05, 0) is 18.1 Å². The summed E-state index contributed by atoms with van der Waals surface area (Å²) in [5, 5.41) is -0.215. The topological polar surface area (TPSA) is 26.0 Å². The highest BCUT2D eigenvalue weighted by molar-refractivity contribution is 6.20. The third kappa shape index (κ3) is 2.61. The molecule has 0 N–H and O–H groups in total. The molecule has 0 aliphatic carbocycles. The first-order valence-corrected chi connectivity index (χ1v) is 6.93. The first-order chi connectivity index (χ1) is 9.74. The Bertz CT molecular complexity index is 687. The average molecular weight is 284 g/mol. The summed E-state index contributed by atoms with van der Waals surface area (Å²) in [7, 11) is 0. The Morgan fingerprint density at radius 2 is 1.50 bits per heavy atom. The van der Waals surface area contributed by atoms with Gasteiger partial charge in [0.2, 0.25) is 5.89 Å². The number of alkyl halides is 1. The van der Waals surface area contributed by atoms with Crippen molar-refractivity contribution < 1.29 is 4.42 Å². The van der Waals surface area contributed by atoms with Gasteiger partial charge in [0.25, 0.3) is 0 Å². The molecule has 2 aromatic carbocycles. The number of benzene rings is 2. The molecular weight excluding hydrogens is 270 g/mol. The molecule has 1 aromatic heterocycles. The molecule has 0 spiro atoms. The van der Waals surface area contributed by atoms with Crippen molar-refractivity contribution in [1.82, 2.24) is 4.98 Å². The molecule has 0 radical (unpaired) electrons. The molecule has 2 nitrogen and oxygen atoms in total. The fourth-order valence-corrected chi connectivity index (χ4v) is 2.16. The summed E-state index contributed by atoms with van der Waals surface area (Å²) >= 11 is 5.95. The lowest BCUT2D eigenvalue weighted by Crippen LogP contribution is -1.81. The summed E-state index contributed by atoms with van der Waals surface area (Å²) in [6, 6.07) is 18.5. The van der Waals surface area contributed by atoms with Crippen molar-refractivity contribution >= 4 is 11.6 Å². The molecule has 0 saturated carbocycles. The standard InChI is InChI=1S/C17H14ClNO/c1-12(18)17-19-11-16(20-17)15-9-7-14(8-10-15)13-5-3-2-4-6-13/h2-12H,1H3. The maximum Gasteiger partial charge on any atom is 0.212 e. The number of hydrogen-bond donors (Lipinski definition) is 0. The molecule has 1 heterocycles. The van der Waals surface area contributed by atoms with Crippen LogP contribution >= 0.6 is 11.6 Å². The van der Waals surface area contributed by atoms with Gasteiger partial charge >= 0.3 is 0 Å². The van der Waals surface area contributed by atoms with Gasteiger partial charge in [-0.2, -0.15) is 0 Å². The maximum absolute atomic E-state index is 5.95. The Morgan fingerprint density at radius 1 is 0.900 bits per heavy atom. The van der Waals surface area contributed by atoms with Gasteiger partial charge in [-0.25, -0.2) is 4.98 Å². The number of rotatable bonds is 3. The fraction of sp³-hybridized carbons (Fsp3) is 0.118. The van der Waals surface area contributed by atoms with Crippen molar-refractivity contribution in [3.8, 4) is 22.5 Å². The zero-order valence-corrected chi connectivity index (χ0v) is 11.8. The highest BCUT2D eigenvalue weighted by Gasteiger charge is 2.10. The van der Waals surface area contributed by atoms with E-state index in [0.29, 0.717) is 5.89 Å². The predicted molar refractivity (Wildman–Crippen MR) is 81.6 cm³/mol. The van der Waals surface area contributed by atoms with E-state index in [9.17, 15) is 0 Å². The number of aromatic nitrogens is 1. The normalized spacial score (nSPS) is 12.3. The lowest BCUT2D eigenvalue weighted by Gasteiger charge is -2.02. The molecule has 0 bridgehead atoms. The lowest BCUT2D eigenvalue weighted by molar-refractivity contribution is 0.508. The van der Waals surface area contributed by atoms with E-state index in [2.05, 4.69) is 29.2 Å². The number of nitrogens with zero attached hydrogens (tertiary/aromatic N) is 1. The third-order valence-electron chi connectivity index (χ3n) is 3.14. The van der Waals surface area contributed by atoms with Gasteiger partial charge in [-0.1, -0.05) is 54.6 Å². The molecule has 0 amide bonds. The lowest BCUT2D eigenvalue weighted by atomic mass is 10.0. The Kier molecular flexibility index (Phi) is 3.57. The Labute approximate surface area is 123 Å². The Morgan fingerprint density at radius 3 is 2.10 bits per heavy atom. The maximum atomic E-state index is 5.95. The van der Waals surface area contributed by atoms with Crippen LogP contribution in [0.25, 0.3) is 22.5 Å². The zero-order valence-electron chi connectivity index (χ0n) is 11.1. The second-order valence-electron chi connectivity index (χ2n) is 4.62. The van der Waals surface area contributed by atoms with Crippen molar-refractivity contribution in [3.63, 3.8) is 0 Å². The van der Waals surface area contributed by atoms with E-state index >= 15 is 0 Å². The van der Waals surface area contributed by atoms with Crippen LogP contribution in [0, 0.1) is 0 Å². The second kappa shape index (κ2) is 5.51. The van der Waals surface area contributed by atoms with E-state index in [-0.39, 0.29) is 5.38 Å². The monoisotopic (exact) mass is 283 g/mol. The van der Waals surface area contributed by atoms with Crippen molar-refractivity contribution in [3.05, 3.63) is 66.7 Å². The van der Waals surface area contributed by atoms with Crippen molar-refractivity contribution in [2.75, 3.05) is 0 Å². The average Bonchev–Trinajstić information content (AvgIpc) is 2.98. The SMILES string of the molecule is CC(Cl)c1ncc(-c2ccc(-c3ccccc3)cc2)o1. The molecule has 0 aliphatic heterocycles. The van der Waals surface area contributed by atoms with Crippen LogP contribution in [0.5, 0.6) is 0 Å². The van der Waals surface area contributed by atoms with E-state index in [1.807, 2.05) is 37.3 Å². The van der Waals surface area contributed by atoms with Crippen molar-refractivity contribution in [2.24, 2.45) is 0 Å². The van der Waals surface area contributed by atoms with Crippen molar-refractivity contribution in [1.29, 1.82) is 0 Å². The largest absolute Gasteiger partial charge is 0.439 e. The summed E-state index contributed by atoms with van der Waals surface area (Å²) < 4.78 is 5.63. The molecule has 100 valence electrons. The molecule has 3 aromatic rings. The zero-order chi connectivity index (χ0) is 13.9. The van der Waals surface area contributed by atoms with Crippen LogP contribution in [0.1, 0.15) is 18.2 Å². The van der Waals surface area contributed by atoms with Gasteiger partial charge in [0.05, 0.1) is 6.20 Å². The molecular formula is C17H14ClNO. The van der Waals surface area contributed by atoms with Crippen LogP contribution in [-0.2, 0) is 0 Å². The van der Waals surface area contributed by atoms with Crippen LogP contribution in [0.2, 0.25) is 0 Å². The van der Waals surface area contributed by atoms with Gasteiger partial charge < -0.3 is 4.42 Å². The summed E-state index contributed by atoms with van der Waals surface area (Å²) in [6.45, 7) is 1.84. The van der Waals surface area contributed by atoms with Gasteiger partial charge in [0.1, 0.15) is 5.38 Å². The summed E-state index contributed by atoms with van der Waals surface area (Å²) in [5.74, 6) is 1.29. The second-order valence-corrected chi connectivity index (χ2v) is 5.28. The Hall–Kier alpha value is -2.06. The molecule has 3 rings (SSSR count). The minimum atomic E-state index is -0.215. The van der Waals surface area contributed by atoms with Gasteiger partial charge in [-0.15, -0.1) is 11.6 Å². The number of oxazole rings is 1. The number of halogens is 1. The molecule has 1 atom stereocenters. The fourth-order valence-electron chi connectivity index (χ4n) is 2.06. The summed E-state index contributed by atoms with van der Waals surface area (Å²) in [4.78, 5) is 4.17. The van der Waals surface area contributed by atoms with Crippen LogP contribution in [0.3, 0.4) is 0 Å². The molecule has 0 saturated heterocycles. The summed E-state index contributed by atoms with van der Waals surface area (Å²) in [5.41, 5.74) is 3.38. The highest BCUT2D eigenvalue weighted by atomic mass is 35.5. The van der Waals surface area contributed by atoms with E-state index in [1.54, 1.807) is 6.20 Å². The molecule has 3 heteroatoms. The van der Waals surface area contributed by atoms with Crippen LogP contribution < -0.4 is 0 Å². The van der Waals surface area contributed by atoms with Crippen LogP contribution in [-0.4, -0.2) is 4.98 Å². The number of hydrogen-bond acceptors (Lipinski definition) is 2. The van der Waals surface area contributed by atoms with E-state index in [0.717, 1.165) is 11.3 Å². The van der Waals surface area contributed by atoms with Crippen LogP contribution in [0.15, 0.2) is 65.2 Å². The smallest absolute Gasteiger partial charge is 0.212 e. The quantitative estimate of drug-likeness (QED) is 0.609. The minimum absolute atomic E-state index is 0.215.